The lowest BCUT2D eigenvalue weighted by Gasteiger charge is -2.51. The zero-order chi connectivity index (χ0) is 11.6. The van der Waals surface area contributed by atoms with Gasteiger partial charge in [-0.25, -0.2) is 4.52 Å². The summed E-state index contributed by atoms with van der Waals surface area (Å²) >= 11 is 0. The van der Waals surface area contributed by atoms with Crippen molar-refractivity contribution in [1.29, 1.82) is 0 Å². The molecule has 0 atom stereocenters. The van der Waals surface area contributed by atoms with E-state index in [9.17, 15) is 0 Å². The third-order valence-corrected chi connectivity index (χ3v) is 5.40. The molecule has 0 aliphatic heterocycles. The van der Waals surface area contributed by atoms with Crippen LogP contribution in [0.1, 0.15) is 50.0 Å². The van der Waals surface area contributed by atoms with Gasteiger partial charge in [-0.1, -0.05) is 0 Å². The molecule has 4 aliphatic carbocycles. The van der Waals surface area contributed by atoms with Crippen molar-refractivity contribution in [3.8, 4) is 0 Å². The molecule has 0 amide bonds. The Balaban J connectivity index is 1.79. The van der Waals surface area contributed by atoms with E-state index in [0.717, 1.165) is 23.5 Å². The maximum Gasteiger partial charge on any atom is 0.229 e. The maximum absolute atomic E-state index is 6.02. The molecule has 92 valence electrons. The number of aromatic nitrogens is 1. The van der Waals surface area contributed by atoms with E-state index in [2.05, 4.69) is 24.7 Å². The molecule has 4 saturated carbocycles. The van der Waals surface area contributed by atoms with E-state index in [0.29, 0.717) is 5.54 Å². The average Bonchev–Trinajstić information content (AvgIpc) is 2.56. The molecule has 2 heteroatoms. The predicted octanol–water partition coefficient (Wildman–Crippen LogP) is 3.11. The summed E-state index contributed by atoms with van der Waals surface area (Å²) in [7, 11) is 0. The van der Waals surface area contributed by atoms with E-state index in [1.807, 2.05) is 0 Å². The van der Waals surface area contributed by atoms with Gasteiger partial charge in [-0.2, -0.15) is 0 Å². The Morgan fingerprint density at radius 2 is 1.59 bits per heavy atom. The molecule has 1 aromatic heterocycles. The largest absolute Gasteiger partial charge is 0.241 e. The van der Waals surface area contributed by atoms with E-state index < -0.39 is 0 Å². The van der Waals surface area contributed by atoms with Gasteiger partial charge in [0.15, 0.2) is 5.76 Å². The Bertz CT molecular complexity index is 424. The zero-order valence-electron chi connectivity index (χ0n) is 10.9. The van der Waals surface area contributed by atoms with Crippen LogP contribution in [0.3, 0.4) is 0 Å². The van der Waals surface area contributed by atoms with Crippen molar-refractivity contribution in [2.24, 2.45) is 17.8 Å². The first-order valence-electron chi connectivity index (χ1n) is 7.15. The third kappa shape index (κ3) is 1.36. The summed E-state index contributed by atoms with van der Waals surface area (Å²) in [6, 6.07) is 2.19. The first kappa shape index (κ1) is 10.2. The van der Waals surface area contributed by atoms with E-state index in [1.165, 1.54) is 44.2 Å². The molecular weight excluding hydrogens is 210 g/mol. The molecule has 5 rings (SSSR count). The fourth-order valence-corrected chi connectivity index (χ4v) is 5.38. The highest BCUT2D eigenvalue weighted by molar-refractivity contribution is 5.02. The summed E-state index contributed by atoms with van der Waals surface area (Å²) in [5.74, 6) is 4.02. The SMILES string of the molecule is Cc1cc(C)[n+](C23CC4CC(CC(C4)C2)C3)o1. The van der Waals surface area contributed by atoms with Crippen molar-refractivity contribution >= 4 is 0 Å². The molecule has 4 fully saturated rings. The molecule has 0 spiro atoms. The molecular formula is C15H22NO+. The van der Waals surface area contributed by atoms with Gasteiger partial charge in [0.05, 0.1) is 6.07 Å². The molecule has 1 heterocycles. The van der Waals surface area contributed by atoms with Crippen LogP contribution < -0.4 is 4.74 Å². The highest BCUT2D eigenvalue weighted by Crippen LogP contribution is 2.57. The quantitative estimate of drug-likeness (QED) is 0.680. The van der Waals surface area contributed by atoms with Gasteiger partial charge in [0.2, 0.25) is 11.2 Å². The van der Waals surface area contributed by atoms with Gasteiger partial charge in [-0.05, 0) is 41.8 Å². The lowest BCUT2D eigenvalue weighted by Crippen LogP contribution is -2.65. The van der Waals surface area contributed by atoms with Gasteiger partial charge in [0.1, 0.15) is 0 Å². The first-order valence-corrected chi connectivity index (χ1v) is 7.15. The fraction of sp³-hybridized carbons (Fsp3) is 0.800. The Hall–Kier alpha value is -0.790. The highest BCUT2D eigenvalue weighted by Gasteiger charge is 2.59. The first-order chi connectivity index (χ1) is 8.14. The second-order valence-corrected chi connectivity index (χ2v) is 6.92. The Kier molecular flexibility index (Phi) is 1.88. The summed E-state index contributed by atoms with van der Waals surface area (Å²) in [4.78, 5) is 0. The fourth-order valence-electron chi connectivity index (χ4n) is 5.38. The van der Waals surface area contributed by atoms with Crippen LogP contribution in [0.4, 0.5) is 0 Å². The predicted molar refractivity (Wildman–Crippen MR) is 64.5 cm³/mol. The molecule has 4 aliphatic rings. The molecule has 0 aromatic carbocycles. The molecule has 0 unspecified atom stereocenters. The van der Waals surface area contributed by atoms with Gasteiger partial charge < -0.3 is 0 Å². The Labute approximate surface area is 103 Å². The summed E-state index contributed by atoms with van der Waals surface area (Å²) in [5, 5.41) is 0. The lowest BCUT2D eigenvalue weighted by atomic mass is 9.53. The molecule has 0 N–H and O–H groups in total. The lowest BCUT2D eigenvalue weighted by molar-refractivity contribution is -0.925. The van der Waals surface area contributed by atoms with Crippen LogP contribution in [0.25, 0.3) is 0 Å². The number of hydrogen-bond donors (Lipinski definition) is 0. The van der Waals surface area contributed by atoms with Crippen molar-refractivity contribution in [2.75, 3.05) is 0 Å². The normalized spacial score (nSPS) is 43.3. The number of hydrogen-bond acceptors (Lipinski definition) is 1. The highest BCUT2D eigenvalue weighted by atomic mass is 16.5. The van der Waals surface area contributed by atoms with Crippen LogP contribution in [-0.2, 0) is 5.54 Å². The topological polar surface area (TPSA) is 17.0 Å². The average molecular weight is 232 g/mol. The molecule has 4 bridgehead atoms. The Morgan fingerprint density at radius 1 is 1.06 bits per heavy atom. The minimum absolute atomic E-state index is 0.354. The number of aryl methyl sites for hydroxylation is 2. The molecule has 0 saturated heterocycles. The van der Waals surface area contributed by atoms with Gasteiger partial charge >= 0.3 is 0 Å². The minimum Gasteiger partial charge on any atom is -0.241 e. The summed E-state index contributed by atoms with van der Waals surface area (Å²) in [6.45, 7) is 4.28. The molecule has 0 radical (unpaired) electrons. The van der Waals surface area contributed by atoms with Crippen molar-refractivity contribution in [2.45, 2.75) is 57.9 Å². The van der Waals surface area contributed by atoms with Crippen LogP contribution in [0.15, 0.2) is 10.6 Å². The van der Waals surface area contributed by atoms with Crippen molar-refractivity contribution in [1.82, 2.24) is 0 Å². The van der Waals surface area contributed by atoms with Crippen molar-refractivity contribution < 1.29 is 9.26 Å². The van der Waals surface area contributed by atoms with Gasteiger partial charge in [-0.3, -0.25) is 0 Å². The summed E-state index contributed by atoms with van der Waals surface area (Å²) in [6.07, 6.45) is 8.61. The zero-order valence-corrected chi connectivity index (χ0v) is 10.9. The van der Waals surface area contributed by atoms with E-state index in [-0.39, 0.29) is 0 Å². The van der Waals surface area contributed by atoms with Crippen LogP contribution in [0.2, 0.25) is 0 Å². The standard InChI is InChI=1S/C15H22NO/c1-10-3-11(2)17-16(10)15-7-12-4-13(8-15)6-14(5-12)9-15/h3,12-14H,4-9H2,1-2H3/q+1. The van der Waals surface area contributed by atoms with Crippen LogP contribution in [0.5, 0.6) is 0 Å². The smallest absolute Gasteiger partial charge is 0.229 e. The second kappa shape index (κ2) is 3.15. The monoisotopic (exact) mass is 232 g/mol. The van der Waals surface area contributed by atoms with E-state index in [4.69, 9.17) is 4.52 Å². The van der Waals surface area contributed by atoms with Crippen molar-refractivity contribution in [3.63, 3.8) is 0 Å². The van der Waals surface area contributed by atoms with Crippen molar-refractivity contribution in [3.05, 3.63) is 17.5 Å². The van der Waals surface area contributed by atoms with Crippen LogP contribution in [-0.4, -0.2) is 0 Å². The molecule has 17 heavy (non-hydrogen) atoms. The third-order valence-electron chi connectivity index (χ3n) is 5.40. The minimum atomic E-state index is 0.354. The Morgan fingerprint density at radius 3 is 2.00 bits per heavy atom. The van der Waals surface area contributed by atoms with Gasteiger partial charge in [-0.15, -0.1) is 0 Å². The van der Waals surface area contributed by atoms with Gasteiger partial charge in [0, 0.05) is 33.1 Å². The van der Waals surface area contributed by atoms with E-state index >= 15 is 0 Å². The summed E-state index contributed by atoms with van der Waals surface area (Å²) in [5.41, 5.74) is 1.68. The maximum atomic E-state index is 6.02. The van der Waals surface area contributed by atoms with Crippen LogP contribution >= 0.6 is 0 Å². The van der Waals surface area contributed by atoms with Crippen LogP contribution in [0, 0.1) is 31.6 Å². The van der Waals surface area contributed by atoms with Gasteiger partial charge in [0.25, 0.3) is 0 Å². The number of nitrogens with zero attached hydrogens (tertiary/aromatic N) is 1. The van der Waals surface area contributed by atoms with E-state index in [1.54, 1.807) is 0 Å². The summed E-state index contributed by atoms with van der Waals surface area (Å²) < 4.78 is 8.30. The second-order valence-electron chi connectivity index (χ2n) is 6.92. The molecule has 2 nitrogen and oxygen atoms in total. The number of rotatable bonds is 1. The molecule has 1 aromatic rings.